The first kappa shape index (κ1) is 17.9. The van der Waals surface area contributed by atoms with Gasteiger partial charge in [-0.25, -0.2) is 4.98 Å². The predicted octanol–water partition coefficient (Wildman–Crippen LogP) is 4.54. The summed E-state index contributed by atoms with van der Waals surface area (Å²) in [6.07, 6.45) is 6.37. The van der Waals surface area contributed by atoms with Gasteiger partial charge in [0, 0.05) is 37.1 Å². The minimum Gasteiger partial charge on any atom is -0.489 e. The number of aromatic nitrogens is 2. The third-order valence-electron chi connectivity index (χ3n) is 4.67. The molecule has 1 unspecified atom stereocenters. The molecule has 0 saturated carbocycles. The first-order chi connectivity index (χ1) is 13.2. The zero-order chi connectivity index (χ0) is 18.6. The zero-order valence-corrected chi connectivity index (χ0v) is 15.9. The molecule has 140 valence electrons. The smallest absolute Gasteiger partial charge is 0.179 e. The third-order valence-corrected chi connectivity index (χ3v) is 4.95. The Labute approximate surface area is 163 Å². The summed E-state index contributed by atoms with van der Waals surface area (Å²) in [5.41, 5.74) is 3.39. The van der Waals surface area contributed by atoms with Crippen molar-refractivity contribution in [2.24, 2.45) is 0 Å². The van der Waals surface area contributed by atoms with Crippen molar-refractivity contribution in [1.82, 2.24) is 14.9 Å². The van der Waals surface area contributed by atoms with E-state index in [-0.39, 0.29) is 6.04 Å². The Morgan fingerprint density at radius 3 is 2.78 bits per heavy atom. The van der Waals surface area contributed by atoms with Gasteiger partial charge in [-0.3, -0.25) is 0 Å². The summed E-state index contributed by atoms with van der Waals surface area (Å²) in [5.74, 6) is 1.38. The van der Waals surface area contributed by atoms with Gasteiger partial charge >= 0.3 is 0 Å². The van der Waals surface area contributed by atoms with Crippen LogP contribution in [0.4, 0.5) is 0 Å². The van der Waals surface area contributed by atoms with Crippen LogP contribution >= 0.6 is 11.6 Å². The van der Waals surface area contributed by atoms with Gasteiger partial charge in [-0.05, 0) is 42.3 Å². The van der Waals surface area contributed by atoms with Crippen LogP contribution in [0.2, 0.25) is 5.02 Å². The number of ether oxygens (including phenoxy) is 2. The highest BCUT2D eigenvalue weighted by atomic mass is 35.5. The minimum absolute atomic E-state index is 0.205. The van der Waals surface area contributed by atoms with Gasteiger partial charge in [0.05, 0.1) is 24.6 Å². The second-order valence-corrected chi connectivity index (χ2v) is 7.03. The van der Waals surface area contributed by atoms with E-state index in [0.717, 1.165) is 23.4 Å². The van der Waals surface area contributed by atoms with Gasteiger partial charge in [-0.15, -0.1) is 0 Å². The lowest BCUT2D eigenvalue weighted by atomic mass is 10.1. The molecule has 0 fully saturated rings. The monoisotopic (exact) mass is 383 g/mol. The van der Waals surface area contributed by atoms with Crippen LogP contribution in [0.15, 0.2) is 55.1 Å². The highest BCUT2D eigenvalue weighted by Crippen LogP contribution is 2.38. The van der Waals surface area contributed by atoms with Crippen molar-refractivity contribution in [2.75, 3.05) is 13.2 Å². The molecular weight excluding hydrogens is 362 g/mol. The van der Waals surface area contributed by atoms with Gasteiger partial charge in [0.1, 0.15) is 0 Å². The first-order valence-corrected chi connectivity index (χ1v) is 9.48. The van der Waals surface area contributed by atoms with E-state index in [1.165, 1.54) is 5.56 Å². The summed E-state index contributed by atoms with van der Waals surface area (Å²) in [7, 11) is 0. The standard InChI is InChI=1S/C21H22ClN3O2/c1-15(17-3-5-18(6-4-17)25-8-7-23-14-25)24-13-16-11-19(22)21-20(12-16)26-9-2-10-27-21/h3-8,11-12,14-15,24H,2,9-10,13H2,1H3. The molecule has 4 rings (SSSR count). The van der Waals surface area contributed by atoms with Gasteiger partial charge in [-0.2, -0.15) is 0 Å². The van der Waals surface area contributed by atoms with Crippen LogP contribution in [0.1, 0.15) is 30.5 Å². The number of nitrogens with zero attached hydrogens (tertiary/aromatic N) is 2. The van der Waals surface area contributed by atoms with E-state index in [4.69, 9.17) is 21.1 Å². The highest BCUT2D eigenvalue weighted by Gasteiger charge is 2.16. The molecule has 0 aliphatic carbocycles. The van der Waals surface area contributed by atoms with Crippen molar-refractivity contribution in [3.63, 3.8) is 0 Å². The molecule has 0 saturated heterocycles. The van der Waals surface area contributed by atoms with Crippen LogP contribution in [0, 0.1) is 0 Å². The fraction of sp³-hybridized carbons (Fsp3) is 0.286. The molecule has 0 amide bonds. The van der Waals surface area contributed by atoms with Gasteiger partial charge < -0.3 is 19.4 Å². The van der Waals surface area contributed by atoms with Crippen molar-refractivity contribution in [1.29, 1.82) is 0 Å². The number of halogens is 1. The van der Waals surface area contributed by atoms with Crippen LogP contribution in [0.25, 0.3) is 5.69 Å². The number of fused-ring (bicyclic) bond motifs is 1. The first-order valence-electron chi connectivity index (χ1n) is 9.10. The molecular formula is C21H22ClN3O2. The number of rotatable bonds is 5. The van der Waals surface area contributed by atoms with E-state index >= 15 is 0 Å². The van der Waals surface area contributed by atoms with E-state index in [0.29, 0.717) is 30.5 Å². The number of hydrogen-bond donors (Lipinski definition) is 1. The van der Waals surface area contributed by atoms with E-state index in [9.17, 15) is 0 Å². The lowest BCUT2D eigenvalue weighted by Gasteiger charge is -2.16. The Bertz CT molecular complexity index is 895. The highest BCUT2D eigenvalue weighted by molar-refractivity contribution is 6.32. The minimum atomic E-state index is 0.205. The summed E-state index contributed by atoms with van der Waals surface area (Å²) < 4.78 is 13.4. The zero-order valence-electron chi connectivity index (χ0n) is 15.2. The Balaban J connectivity index is 1.42. The quantitative estimate of drug-likeness (QED) is 0.702. The molecule has 1 atom stereocenters. The van der Waals surface area contributed by atoms with E-state index in [1.54, 1.807) is 12.5 Å². The Hall–Kier alpha value is -2.50. The fourth-order valence-electron chi connectivity index (χ4n) is 3.12. The molecule has 0 radical (unpaired) electrons. The average molecular weight is 384 g/mol. The maximum atomic E-state index is 6.38. The second kappa shape index (κ2) is 8.03. The molecule has 3 aromatic rings. The number of imidazole rings is 1. The van der Waals surface area contributed by atoms with Crippen molar-refractivity contribution < 1.29 is 9.47 Å². The van der Waals surface area contributed by atoms with Crippen LogP contribution in [0.3, 0.4) is 0 Å². The predicted molar refractivity (Wildman–Crippen MR) is 106 cm³/mol. The Kier molecular flexibility index (Phi) is 5.32. The Morgan fingerprint density at radius 2 is 2.00 bits per heavy atom. The topological polar surface area (TPSA) is 48.3 Å². The van der Waals surface area contributed by atoms with Crippen LogP contribution < -0.4 is 14.8 Å². The lowest BCUT2D eigenvalue weighted by Crippen LogP contribution is -2.18. The molecule has 0 spiro atoms. The molecule has 6 heteroatoms. The van der Waals surface area contributed by atoms with E-state index < -0.39 is 0 Å². The molecule has 1 aromatic heterocycles. The van der Waals surface area contributed by atoms with Crippen LogP contribution in [-0.4, -0.2) is 22.8 Å². The number of benzene rings is 2. The molecule has 2 aromatic carbocycles. The molecule has 1 aliphatic heterocycles. The molecule has 1 aliphatic rings. The summed E-state index contributed by atoms with van der Waals surface area (Å²) in [5, 5.41) is 4.15. The van der Waals surface area contributed by atoms with Gasteiger partial charge in [0.15, 0.2) is 11.5 Å². The van der Waals surface area contributed by atoms with Crippen molar-refractivity contribution >= 4 is 11.6 Å². The van der Waals surface area contributed by atoms with E-state index in [1.807, 2.05) is 22.9 Å². The van der Waals surface area contributed by atoms with Crippen molar-refractivity contribution in [3.8, 4) is 17.2 Å². The maximum absolute atomic E-state index is 6.38. The second-order valence-electron chi connectivity index (χ2n) is 6.62. The lowest BCUT2D eigenvalue weighted by molar-refractivity contribution is 0.297. The fourth-order valence-corrected chi connectivity index (χ4v) is 3.41. The van der Waals surface area contributed by atoms with E-state index in [2.05, 4.69) is 41.5 Å². The maximum Gasteiger partial charge on any atom is 0.179 e. The summed E-state index contributed by atoms with van der Waals surface area (Å²) >= 11 is 6.38. The van der Waals surface area contributed by atoms with Crippen molar-refractivity contribution in [3.05, 3.63) is 71.3 Å². The number of nitrogens with one attached hydrogen (secondary N) is 1. The van der Waals surface area contributed by atoms with Gasteiger partial charge in [0.2, 0.25) is 0 Å². The molecule has 2 heterocycles. The van der Waals surface area contributed by atoms with Gasteiger partial charge in [0.25, 0.3) is 0 Å². The Morgan fingerprint density at radius 1 is 1.19 bits per heavy atom. The van der Waals surface area contributed by atoms with Crippen LogP contribution in [-0.2, 0) is 6.54 Å². The van der Waals surface area contributed by atoms with Crippen molar-refractivity contribution in [2.45, 2.75) is 25.9 Å². The third kappa shape index (κ3) is 4.10. The normalized spacial score (nSPS) is 14.6. The molecule has 27 heavy (non-hydrogen) atoms. The van der Waals surface area contributed by atoms with Gasteiger partial charge in [-0.1, -0.05) is 23.7 Å². The average Bonchev–Trinajstić information content (AvgIpc) is 3.12. The molecule has 0 bridgehead atoms. The van der Waals surface area contributed by atoms with Crippen LogP contribution in [0.5, 0.6) is 11.5 Å². The largest absolute Gasteiger partial charge is 0.489 e. The SMILES string of the molecule is CC(NCc1cc(Cl)c2c(c1)OCCCO2)c1ccc(-n2ccnc2)cc1. The number of hydrogen-bond acceptors (Lipinski definition) is 4. The summed E-state index contributed by atoms with van der Waals surface area (Å²) in [6.45, 7) is 4.13. The molecule has 5 nitrogen and oxygen atoms in total. The summed E-state index contributed by atoms with van der Waals surface area (Å²) in [6, 6.07) is 12.6. The molecule has 1 N–H and O–H groups in total. The summed E-state index contributed by atoms with van der Waals surface area (Å²) in [4.78, 5) is 4.08.